The van der Waals surface area contributed by atoms with E-state index < -0.39 is 0 Å². The van der Waals surface area contributed by atoms with Crippen molar-refractivity contribution in [3.63, 3.8) is 0 Å². The second-order valence-corrected chi connectivity index (χ2v) is 8.08. The van der Waals surface area contributed by atoms with Crippen LogP contribution in [-0.4, -0.2) is 18.2 Å². The van der Waals surface area contributed by atoms with Gasteiger partial charge in [-0.05, 0) is 49.7 Å². The zero-order chi connectivity index (χ0) is 20.2. The van der Waals surface area contributed by atoms with Crippen LogP contribution in [0.15, 0.2) is 35.9 Å². The fourth-order valence-corrected chi connectivity index (χ4v) is 4.18. The highest BCUT2D eigenvalue weighted by molar-refractivity contribution is 5.68. The summed E-state index contributed by atoms with van der Waals surface area (Å²) in [5.41, 5.74) is 4.01. The number of allylic oxidation sites excluding steroid dienone is 2. The molecule has 1 aromatic carbocycles. The van der Waals surface area contributed by atoms with Crippen molar-refractivity contribution in [3.8, 4) is 0 Å². The van der Waals surface area contributed by atoms with E-state index in [0.717, 1.165) is 37.7 Å². The molecule has 1 aromatic rings. The molecule has 2 rings (SSSR count). The third-order valence-corrected chi connectivity index (χ3v) is 5.94. The first-order valence-electron chi connectivity index (χ1n) is 11.2. The number of benzene rings is 1. The Bertz CT molecular complexity index is 603. The lowest BCUT2D eigenvalue weighted by atomic mass is 9.88. The number of ether oxygens (including phenoxy) is 1. The summed E-state index contributed by atoms with van der Waals surface area (Å²) in [4.78, 5) is 11.1. The van der Waals surface area contributed by atoms with E-state index in [2.05, 4.69) is 42.0 Å². The molecule has 1 aliphatic carbocycles. The van der Waals surface area contributed by atoms with Crippen molar-refractivity contribution in [1.29, 1.82) is 0 Å². The van der Waals surface area contributed by atoms with Crippen LogP contribution in [0, 0.1) is 0 Å². The average Bonchev–Trinajstić information content (AvgIpc) is 3.19. The number of esters is 1. The summed E-state index contributed by atoms with van der Waals surface area (Å²) in [7, 11) is 1.45. The van der Waals surface area contributed by atoms with E-state index in [4.69, 9.17) is 0 Å². The lowest BCUT2D eigenvalue weighted by molar-refractivity contribution is -0.140. The van der Waals surface area contributed by atoms with E-state index in [1.54, 1.807) is 5.57 Å². The number of methoxy groups -OCH3 is 1. The zero-order valence-corrected chi connectivity index (χ0v) is 17.8. The van der Waals surface area contributed by atoms with Gasteiger partial charge in [0.25, 0.3) is 0 Å². The van der Waals surface area contributed by atoms with Crippen LogP contribution in [0.1, 0.15) is 107 Å². The molecule has 156 valence electrons. The lowest BCUT2D eigenvalue weighted by Crippen LogP contribution is -2.01. The average molecular weight is 387 g/mol. The van der Waals surface area contributed by atoms with Crippen LogP contribution in [-0.2, 0) is 9.53 Å². The minimum absolute atomic E-state index is 0.0995. The fraction of sp³-hybridized carbons (Fsp3) is 0.640. The molecular weight excluding hydrogens is 348 g/mol. The number of hydrogen-bond acceptors (Lipinski definition) is 3. The van der Waals surface area contributed by atoms with Gasteiger partial charge in [-0.1, -0.05) is 74.9 Å². The number of hydrogen-bond donors (Lipinski definition) is 1. The Balaban J connectivity index is 1.76. The second-order valence-electron chi connectivity index (χ2n) is 8.08. The topological polar surface area (TPSA) is 46.5 Å². The molecule has 0 saturated carbocycles. The zero-order valence-electron chi connectivity index (χ0n) is 17.8. The minimum atomic E-state index is -0.329. The second kappa shape index (κ2) is 12.8. The summed E-state index contributed by atoms with van der Waals surface area (Å²) in [5.74, 6) is 0.443. The maximum atomic E-state index is 11.1. The first-order valence-corrected chi connectivity index (χ1v) is 11.2. The summed E-state index contributed by atoms with van der Waals surface area (Å²) in [6.07, 6.45) is 14.9. The first-order chi connectivity index (χ1) is 13.7. The molecule has 0 heterocycles. The molecule has 2 unspecified atom stereocenters. The Hall–Kier alpha value is -1.61. The molecule has 28 heavy (non-hydrogen) atoms. The normalized spacial score (nSPS) is 17.4. The summed E-state index contributed by atoms with van der Waals surface area (Å²) in [5, 5.41) is 10.4. The molecule has 0 spiro atoms. The molecule has 0 bridgehead atoms. The van der Waals surface area contributed by atoms with Gasteiger partial charge in [-0.25, -0.2) is 0 Å². The highest BCUT2D eigenvalue weighted by atomic mass is 16.5. The van der Waals surface area contributed by atoms with Gasteiger partial charge in [0, 0.05) is 12.3 Å². The Morgan fingerprint density at radius 3 is 2.57 bits per heavy atom. The molecule has 1 N–H and O–H groups in total. The molecule has 0 amide bonds. The number of carbonyl (C=O) groups excluding carboxylic acids is 1. The van der Waals surface area contributed by atoms with Crippen molar-refractivity contribution in [2.75, 3.05) is 7.11 Å². The first kappa shape index (κ1) is 22.7. The van der Waals surface area contributed by atoms with E-state index in [1.165, 1.54) is 51.2 Å². The smallest absolute Gasteiger partial charge is 0.305 e. The molecule has 1 aliphatic rings. The van der Waals surface area contributed by atoms with Crippen molar-refractivity contribution >= 4 is 5.97 Å². The van der Waals surface area contributed by atoms with Gasteiger partial charge in [-0.3, -0.25) is 4.79 Å². The van der Waals surface area contributed by atoms with E-state index in [1.807, 2.05) is 0 Å². The van der Waals surface area contributed by atoms with E-state index in [0.29, 0.717) is 12.3 Å². The van der Waals surface area contributed by atoms with Gasteiger partial charge in [0.05, 0.1) is 13.2 Å². The summed E-state index contributed by atoms with van der Waals surface area (Å²) in [6, 6.07) is 8.68. The SMILES string of the molecule is CCCCCC(O)c1ccc(C2CCC=C2CCCCCCC(=O)OC)cc1. The maximum Gasteiger partial charge on any atom is 0.305 e. The largest absolute Gasteiger partial charge is 0.469 e. The molecular formula is C25H38O3. The summed E-state index contributed by atoms with van der Waals surface area (Å²) in [6.45, 7) is 2.19. The van der Waals surface area contributed by atoms with E-state index in [9.17, 15) is 9.90 Å². The summed E-state index contributed by atoms with van der Waals surface area (Å²) < 4.78 is 4.68. The number of unbranched alkanes of at least 4 members (excludes halogenated alkanes) is 5. The molecule has 3 heteroatoms. The van der Waals surface area contributed by atoms with Crippen molar-refractivity contribution in [1.82, 2.24) is 0 Å². The lowest BCUT2D eigenvalue weighted by Gasteiger charge is -2.17. The Kier molecular flexibility index (Phi) is 10.3. The van der Waals surface area contributed by atoms with Gasteiger partial charge in [0.15, 0.2) is 0 Å². The van der Waals surface area contributed by atoms with E-state index >= 15 is 0 Å². The Morgan fingerprint density at radius 1 is 1.11 bits per heavy atom. The van der Waals surface area contributed by atoms with Gasteiger partial charge in [-0.2, -0.15) is 0 Å². The highest BCUT2D eigenvalue weighted by Gasteiger charge is 2.21. The number of rotatable bonds is 13. The predicted molar refractivity (Wildman–Crippen MR) is 115 cm³/mol. The van der Waals surface area contributed by atoms with E-state index in [-0.39, 0.29) is 12.1 Å². The monoisotopic (exact) mass is 386 g/mol. The van der Waals surface area contributed by atoms with Crippen LogP contribution in [0.2, 0.25) is 0 Å². The van der Waals surface area contributed by atoms with Gasteiger partial charge in [0.1, 0.15) is 0 Å². The van der Waals surface area contributed by atoms with Crippen LogP contribution >= 0.6 is 0 Å². The van der Waals surface area contributed by atoms with Crippen molar-refractivity contribution < 1.29 is 14.6 Å². The highest BCUT2D eigenvalue weighted by Crippen LogP contribution is 2.38. The van der Waals surface area contributed by atoms with Gasteiger partial charge < -0.3 is 9.84 Å². The molecule has 0 saturated heterocycles. The quantitative estimate of drug-likeness (QED) is 0.235. The molecule has 0 aromatic heterocycles. The molecule has 0 aliphatic heterocycles. The fourth-order valence-electron chi connectivity index (χ4n) is 4.18. The minimum Gasteiger partial charge on any atom is -0.469 e. The standard InChI is InChI=1S/C25H38O3/c1-3-4-7-14-24(26)22-18-16-21(17-19-22)23-13-10-12-20(23)11-8-5-6-9-15-25(27)28-2/h12,16-19,23-24,26H,3-11,13-15H2,1-2H3. The van der Waals surface area contributed by atoms with Crippen molar-refractivity contribution in [2.24, 2.45) is 0 Å². The summed E-state index contributed by atoms with van der Waals surface area (Å²) >= 11 is 0. The molecule has 0 fully saturated rings. The van der Waals surface area contributed by atoms with Crippen LogP contribution in [0.5, 0.6) is 0 Å². The van der Waals surface area contributed by atoms with Crippen LogP contribution in [0.25, 0.3) is 0 Å². The Labute approximate surface area is 171 Å². The Morgan fingerprint density at radius 2 is 1.86 bits per heavy atom. The van der Waals surface area contributed by atoms with Crippen LogP contribution in [0.3, 0.4) is 0 Å². The number of carbonyl (C=O) groups is 1. The van der Waals surface area contributed by atoms with Crippen LogP contribution < -0.4 is 0 Å². The number of aliphatic hydroxyl groups excluding tert-OH is 1. The predicted octanol–water partition coefficient (Wildman–Crippen LogP) is 6.62. The van der Waals surface area contributed by atoms with Crippen LogP contribution in [0.4, 0.5) is 0 Å². The van der Waals surface area contributed by atoms with Gasteiger partial charge in [0.2, 0.25) is 0 Å². The third-order valence-electron chi connectivity index (χ3n) is 5.94. The third kappa shape index (κ3) is 7.43. The van der Waals surface area contributed by atoms with Crippen molar-refractivity contribution in [2.45, 2.75) is 96.0 Å². The van der Waals surface area contributed by atoms with Gasteiger partial charge in [-0.15, -0.1) is 0 Å². The van der Waals surface area contributed by atoms with Crippen molar-refractivity contribution in [3.05, 3.63) is 47.0 Å². The number of aliphatic hydroxyl groups is 1. The molecule has 2 atom stereocenters. The van der Waals surface area contributed by atoms with Gasteiger partial charge >= 0.3 is 5.97 Å². The molecule has 0 radical (unpaired) electrons. The maximum absolute atomic E-state index is 11.1. The molecule has 3 nitrogen and oxygen atoms in total.